The number of rotatable bonds is 5. The number of alkyl halides is 1. The Kier molecular flexibility index (Phi) is 4.70. The summed E-state index contributed by atoms with van der Waals surface area (Å²) >= 11 is 1.18. The van der Waals surface area contributed by atoms with Gasteiger partial charge in [0.2, 0.25) is 0 Å². The van der Waals surface area contributed by atoms with Crippen LogP contribution >= 0.6 is 19.3 Å². The van der Waals surface area contributed by atoms with Crippen molar-refractivity contribution in [3.8, 4) is 0 Å². The van der Waals surface area contributed by atoms with Gasteiger partial charge in [-0.2, -0.15) is 0 Å². The van der Waals surface area contributed by atoms with Crippen molar-refractivity contribution in [2.45, 2.75) is 5.91 Å². The van der Waals surface area contributed by atoms with E-state index in [2.05, 4.69) is 6.58 Å². The number of ether oxygens (including phenoxy) is 1. The van der Waals surface area contributed by atoms with Crippen LogP contribution < -0.4 is 0 Å². The van der Waals surface area contributed by atoms with Crippen LogP contribution in [0.4, 0.5) is 4.39 Å². The third-order valence-electron chi connectivity index (χ3n) is 2.71. The van der Waals surface area contributed by atoms with Crippen molar-refractivity contribution in [1.82, 2.24) is 0 Å². The fraction of sp³-hybridized carbons (Fsp3) is 0.154. The first kappa shape index (κ1) is 16.0. The Morgan fingerprint density at radius 1 is 1.43 bits per heavy atom. The van der Waals surface area contributed by atoms with Crippen LogP contribution in [0.2, 0.25) is 0 Å². The SMILES string of the molecule is C=CCOC(=O)c1cc2cc([C@H](F)[PH](O)(O)O)ccc2s1. The minimum absolute atomic E-state index is 0.0505. The van der Waals surface area contributed by atoms with Crippen LogP contribution in [0.5, 0.6) is 0 Å². The third-order valence-corrected chi connectivity index (χ3v) is 4.82. The number of halogens is 1. The summed E-state index contributed by atoms with van der Waals surface area (Å²) in [6.45, 7) is 3.54. The molecule has 114 valence electrons. The summed E-state index contributed by atoms with van der Waals surface area (Å²) in [5.74, 6) is -2.75. The molecule has 1 heterocycles. The van der Waals surface area contributed by atoms with E-state index in [0.717, 1.165) is 4.70 Å². The van der Waals surface area contributed by atoms with Gasteiger partial charge in [0.25, 0.3) is 0 Å². The van der Waals surface area contributed by atoms with Crippen molar-refractivity contribution in [1.29, 1.82) is 0 Å². The van der Waals surface area contributed by atoms with Crippen LogP contribution in [0.1, 0.15) is 21.1 Å². The van der Waals surface area contributed by atoms with E-state index in [1.165, 1.54) is 35.6 Å². The van der Waals surface area contributed by atoms with Gasteiger partial charge in [-0.1, -0.05) is 0 Å². The normalized spacial score (nSPS) is 13.9. The molecular weight excluding hydrogens is 318 g/mol. The molecule has 0 saturated carbocycles. The van der Waals surface area contributed by atoms with Crippen molar-refractivity contribution >= 4 is 35.3 Å². The number of thiophene rings is 1. The number of hydrogen-bond acceptors (Lipinski definition) is 6. The Balaban J connectivity index is 2.32. The van der Waals surface area contributed by atoms with Gasteiger partial charge in [0.15, 0.2) is 0 Å². The predicted octanol–water partition coefficient (Wildman–Crippen LogP) is 2.68. The molecule has 8 heteroatoms. The monoisotopic (exact) mass is 332 g/mol. The van der Waals surface area contributed by atoms with Crippen LogP contribution in [0.25, 0.3) is 10.1 Å². The van der Waals surface area contributed by atoms with Gasteiger partial charge in [-0.05, 0) is 0 Å². The van der Waals surface area contributed by atoms with Gasteiger partial charge in [-0.15, -0.1) is 0 Å². The molecule has 0 saturated heterocycles. The summed E-state index contributed by atoms with van der Waals surface area (Å²) in [7, 11) is -4.89. The van der Waals surface area contributed by atoms with E-state index in [0.29, 0.717) is 10.3 Å². The van der Waals surface area contributed by atoms with Crippen LogP contribution in [-0.2, 0) is 4.74 Å². The van der Waals surface area contributed by atoms with E-state index >= 15 is 0 Å². The molecule has 1 atom stereocenters. The van der Waals surface area contributed by atoms with E-state index < -0.39 is 19.8 Å². The zero-order chi connectivity index (χ0) is 15.6. The first-order chi connectivity index (χ1) is 9.82. The minimum atomic E-state index is -4.89. The zero-order valence-corrected chi connectivity index (χ0v) is 12.6. The van der Waals surface area contributed by atoms with Crippen LogP contribution in [0.3, 0.4) is 0 Å². The summed E-state index contributed by atoms with van der Waals surface area (Å²) in [6.07, 6.45) is 1.45. The van der Waals surface area contributed by atoms with Crippen molar-refractivity contribution < 1.29 is 28.6 Å². The van der Waals surface area contributed by atoms with Crippen LogP contribution in [-0.4, -0.2) is 27.3 Å². The van der Waals surface area contributed by atoms with E-state index in [9.17, 15) is 9.18 Å². The van der Waals surface area contributed by atoms with E-state index in [1.54, 1.807) is 6.07 Å². The Hall–Kier alpha value is -1.37. The topological polar surface area (TPSA) is 87.0 Å². The standard InChI is InChI=1S/C13H14FO5PS/c1-2-5-19-13(15)11-7-9-6-8(3-4-10(9)21-11)12(14)20(16,17)18/h2-4,6-7,12,16-18,20H,1,5H2/t12-/m1/s1. The molecule has 1 aromatic carbocycles. The van der Waals surface area contributed by atoms with Gasteiger partial charge >= 0.3 is 124 Å². The van der Waals surface area contributed by atoms with E-state index in [4.69, 9.17) is 19.4 Å². The van der Waals surface area contributed by atoms with Gasteiger partial charge < -0.3 is 0 Å². The number of benzene rings is 1. The van der Waals surface area contributed by atoms with Crippen LogP contribution in [0.15, 0.2) is 36.9 Å². The second kappa shape index (κ2) is 6.17. The number of hydrogen-bond donors (Lipinski definition) is 3. The Morgan fingerprint density at radius 2 is 2.14 bits per heavy atom. The van der Waals surface area contributed by atoms with Crippen molar-refractivity contribution in [2.24, 2.45) is 0 Å². The molecule has 0 aliphatic heterocycles. The molecule has 0 radical (unpaired) electrons. The fourth-order valence-corrected chi connectivity index (χ4v) is 3.31. The van der Waals surface area contributed by atoms with Gasteiger partial charge in [0.05, 0.1) is 0 Å². The van der Waals surface area contributed by atoms with Gasteiger partial charge in [0, 0.05) is 0 Å². The molecule has 0 unspecified atom stereocenters. The van der Waals surface area contributed by atoms with Crippen molar-refractivity contribution in [3.63, 3.8) is 0 Å². The molecule has 0 fully saturated rings. The maximum atomic E-state index is 13.7. The number of esters is 1. The molecule has 2 aromatic rings. The average molecular weight is 332 g/mol. The third kappa shape index (κ3) is 3.64. The van der Waals surface area contributed by atoms with Gasteiger partial charge in [0.1, 0.15) is 0 Å². The van der Waals surface area contributed by atoms with Gasteiger partial charge in [-0.25, -0.2) is 0 Å². The van der Waals surface area contributed by atoms with Gasteiger partial charge in [-0.3, -0.25) is 0 Å². The van der Waals surface area contributed by atoms with Crippen molar-refractivity contribution in [3.05, 3.63) is 47.4 Å². The Bertz CT molecular complexity index is 679. The first-order valence-corrected chi connectivity index (χ1v) is 8.69. The summed E-state index contributed by atoms with van der Waals surface area (Å²) in [6, 6.07) is 5.78. The average Bonchev–Trinajstić information content (AvgIpc) is 2.85. The second-order valence-electron chi connectivity index (χ2n) is 4.34. The summed E-state index contributed by atoms with van der Waals surface area (Å²) in [4.78, 5) is 39.0. The molecule has 5 nitrogen and oxygen atoms in total. The maximum absolute atomic E-state index is 13.7. The van der Waals surface area contributed by atoms with Crippen LogP contribution in [0, 0.1) is 0 Å². The Morgan fingerprint density at radius 3 is 2.76 bits per heavy atom. The fourth-order valence-electron chi connectivity index (χ4n) is 1.75. The number of fused-ring (bicyclic) bond motifs is 1. The van der Waals surface area contributed by atoms with E-state index in [-0.39, 0.29) is 12.2 Å². The summed E-state index contributed by atoms with van der Waals surface area (Å²) in [5.41, 5.74) is -0.0505. The number of carbonyl (C=O) groups is 1. The van der Waals surface area contributed by atoms with E-state index in [1.807, 2.05) is 0 Å². The number of carbonyl (C=O) groups excluding carboxylic acids is 1. The molecule has 21 heavy (non-hydrogen) atoms. The quantitative estimate of drug-likeness (QED) is 0.445. The summed E-state index contributed by atoms with van der Waals surface area (Å²) in [5, 5.41) is 0.559. The molecule has 1 aromatic heterocycles. The predicted molar refractivity (Wildman–Crippen MR) is 81.1 cm³/mol. The molecule has 0 aliphatic carbocycles. The molecule has 0 spiro atoms. The summed E-state index contributed by atoms with van der Waals surface area (Å²) < 4.78 is 19.3. The first-order valence-electron chi connectivity index (χ1n) is 5.95. The molecule has 0 amide bonds. The molecular formula is C13H14FO5PS. The molecule has 0 bridgehead atoms. The Labute approximate surface area is 124 Å². The second-order valence-corrected chi connectivity index (χ2v) is 7.31. The zero-order valence-electron chi connectivity index (χ0n) is 10.8. The molecule has 0 aliphatic rings. The molecule has 3 N–H and O–H groups in total. The van der Waals surface area contributed by atoms with Crippen molar-refractivity contribution in [2.75, 3.05) is 6.61 Å². The molecule has 2 rings (SSSR count).